The zero-order chi connectivity index (χ0) is 14.7. The summed E-state index contributed by atoms with van der Waals surface area (Å²) in [7, 11) is 4.15. The van der Waals surface area contributed by atoms with Gasteiger partial charge in [-0.1, -0.05) is 60.7 Å². The predicted octanol–water partition coefficient (Wildman–Crippen LogP) is 3.13. The third-order valence-corrected chi connectivity index (χ3v) is 3.81. The topological polar surface area (TPSA) is 20.8 Å². The van der Waals surface area contributed by atoms with Gasteiger partial charge in [0.25, 0.3) is 5.82 Å². The van der Waals surface area contributed by atoms with Gasteiger partial charge < -0.3 is 0 Å². The van der Waals surface area contributed by atoms with Crippen molar-refractivity contribution in [2.75, 3.05) is 5.32 Å². The van der Waals surface area contributed by atoms with E-state index in [1.807, 2.05) is 12.1 Å². The Morgan fingerprint density at radius 1 is 0.952 bits per heavy atom. The maximum atomic E-state index is 3.50. The quantitative estimate of drug-likeness (QED) is 0.727. The van der Waals surface area contributed by atoms with Gasteiger partial charge in [-0.2, -0.15) is 4.68 Å². The van der Waals surface area contributed by atoms with E-state index in [0.717, 1.165) is 12.4 Å². The molecular weight excluding hydrogens is 258 g/mol. The van der Waals surface area contributed by atoms with Crippen molar-refractivity contribution in [1.29, 1.82) is 0 Å². The first-order chi connectivity index (χ1) is 10.3. The van der Waals surface area contributed by atoms with Gasteiger partial charge in [0, 0.05) is 12.6 Å². The largest absolute Gasteiger partial charge is 0.295 e. The summed E-state index contributed by atoms with van der Waals surface area (Å²) in [6, 6.07) is 23.1. The number of hydrogen-bond acceptors (Lipinski definition) is 1. The van der Waals surface area contributed by atoms with Crippen molar-refractivity contribution in [2.24, 2.45) is 14.1 Å². The second kappa shape index (κ2) is 5.83. The lowest BCUT2D eigenvalue weighted by atomic mass is 10.1. The molecule has 0 amide bonds. The number of rotatable bonds is 4. The Balaban J connectivity index is 1.84. The van der Waals surface area contributed by atoms with E-state index >= 15 is 0 Å². The molecule has 0 bridgehead atoms. The zero-order valence-electron chi connectivity index (χ0n) is 12.5. The minimum atomic E-state index is 0.826. The van der Waals surface area contributed by atoms with E-state index in [1.54, 1.807) is 0 Å². The second-order valence-corrected chi connectivity index (χ2v) is 5.17. The molecule has 1 aromatic heterocycles. The van der Waals surface area contributed by atoms with Crippen LogP contribution < -0.4 is 10.00 Å². The van der Waals surface area contributed by atoms with Crippen LogP contribution in [0.5, 0.6) is 0 Å². The second-order valence-electron chi connectivity index (χ2n) is 5.17. The number of hydrogen-bond donors (Lipinski definition) is 1. The van der Waals surface area contributed by atoms with E-state index in [2.05, 4.69) is 83.4 Å². The van der Waals surface area contributed by atoms with Crippen LogP contribution in [0.3, 0.4) is 0 Å². The molecule has 0 spiro atoms. The molecule has 0 atom stereocenters. The van der Waals surface area contributed by atoms with E-state index in [-0.39, 0.29) is 0 Å². The standard InChI is InChI=1S/C18H19N3/c1-20-17(16-11-7-4-8-12-16)13-18(21(20)2)19-14-15-9-5-3-6-10-15/h3-13H,14H2,1-2H3/p+1. The Morgan fingerprint density at radius 3 is 2.24 bits per heavy atom. The summed E-state index contributed by atoms with van der Waals surface area (Å²) in [5.41, 5.74) is 3.71. The Hall–Kier alpha value is -2.55. The third kappa shape index (κ3) is 2.82. The summed E-state index contributed by atoms with van der Waals surface area (Å²) in [6.07, 6.45) is 0. The van der Waals surface area contributed by atoms with Gasteiger partial charge in [0.1, 0.15) is 13.6 Å². The first-order valence-electron chi connectivity index (χ1n) is 7.15. The van der Waals surface area contributed by atoms with E-state index in [9.17, 15) is 0 Å². The van der Waals surface area contributed by atoms with Crippen LogP contribution in [0.15, 0.2) is 66.7 Å². The highest BCUT2D eigenvalue weighted by molar-refractivity contribution is 5.61. The molecular formula is C18H20N3+. The van der Waals surface area contributed by atoms with Crippen molar-refractivity contribution in [3.05, 3.63) is 72.3 Å². The monoisotopic (exact) mass is 278 g/mol. The molecule has 2 aromatic carbocycles. The molecule has 106 valence electrons. The fourth-order valence-electron chi connectivity index (χ4n) is 2.47. The van der Waals surface area contributed by atoms with Crippen LogP contribution in [-0.4, -0.2) is 4.68 Å². The summed E-state index contributed by atoms with van der Waals surface area (Å²) >= 11 is 0. The van der Waals surface area contributed by atoms with Crippen molar-refractivity contribution < 1.29 is 4.68 Å². The molecule has 0 saturated heterocycles. The lowest BCUT2D eigenvalue weighted by Gasteiger charge is -2.02. The van der Waals surface area contributed by atoms with Gasteiger partial charge in [0.15, 0.2) is 0 Å². The van der Waals surface area contributed by atoms with Gasteiger partial charge >= 0.3 is 0 Å². The van der Waals surface area contributed by atoms with Crippen LogP contribution in [0.25, 0.3) is 11.3 Å². The van der Waals surface area contributed by atoms with Gasteiger partial charge in [-0.05, 0) is 5.56 Å². The Bertz CT molecular complexity index is 715. The molecule has 0 aliphatic rings. The summed E-state index contributed by atoms with van der Waals surface area (Å²) in [5, 5.41) is 3.50. The van der Waals surface area contributed by atoms with Crippen LogP contribution in [0.2, 0.25) is 0 Å². The fraction of sp³-hybridized carbons (Fsp3) is 0.167. The molecule has 1 heterocycles. The Labute approximate surface area is 125 Å². The van der Waals surface area contributed by atoms with Crippen LogP contribution in [0, 0.1) is 0 Å². The molecule has 3 nitrogen and oxygen atoms in total. The number of nitrogens with one attached hydrogen (secondary N) is 1. The highest BCUT2D eigenvalue weighted by atomic mass is 15.4. The number of benzene rings is 2. The van der Waals surface area contributed by atoms with Crippen molar-refractivity contribution in [1.82, 2.24) is 4.68 Å². The molecule has 0 aliphatic heterocycles. The van der Waals surface area contributed by atoms with E-state index < -0.39 is 0 Å². The van der Waals surface area contributed by atoms with Crippen LogP contribution in [-0.2, 0) is 20.6 Å². The Kier molecular flexibility index (Phi) is 3.73. The van der Waals surface area contributed by atoms with Gasteiger partial charge in [-0.25, -0.2) is 4.68 Å². The van der Waals surface area contributed by atoms with Gasteiger partial charge in [0.05, 0.1) is 11.8 Å². The normalized spacial score (nSPS) is 10.6. The lowest BCUT2D eigenvalue weighted by Crippen LogP contribution is -2.39. The first-order valence-corrected chi connectivity index (χ1v) is 7.15. The van der Waals surface area contributed by atoms with Crippen molar-refractivity contribution >= 4 is 5.82 Å². The van der Waals surface area contributed by atoms with E-state index in [0.29, 0.717) is 0 Å². The number of anilines is 1. The minimum Gasteiger partial charge on any atom is -0.269 e. The zero-order valence-corrected chi connectivity index (χ0v) is 12.5. The predicted molar refractivity (Wildman–Crippen MR) is 85.8 cm³/mol. The van der Waals surface area contributed by atoms with Gasteiger partial charge in [-0.3, -0.25) is 5.32 Å². The first kappa shape index (κ1) is 13.4. The number of nitrogens with zero attached hydrogens (tertiary/aromatic N) is 2. The average molecular weight is 278 g/mol. The fourth-order valence-corrected chi connectivity index (χ4v) is 2.47. The molecule has 1 N–H and O–H groups in total. The van der Waals surface area contributed by atoms with Crippen LogP contribution >= 0.6 is 0 Å². The smallest absolute Gasteiger partial charge is 0.269 e. The van der Waals surface area contributed by atoms with E-state index in [4.69, 9.17) is 0 Å². The van der Waals surface area contributed by atoms with Crippen molar-refractivity contribution in [3.63, 3.8) is 0 Å². The molecule has 0 unspecified atom stereocenters. The maximum absolute atomic E-state index is 3.50. The molecule has 3 rings (SSSR count). The summed E-state index contributed by atoms with van der Waals surface area (Å²) in [6.45, 7) is 0.826. The summed E-state index contributed by atoms with van der Waals surface area (Å²) in [4.78, 5) is 0. The van der Waals surface area contributed by atoms with Crippen LogP contribution in [0.4, 0.5) is 5.82 Å². The molecule has 0 fully saturated rings. The molecule has 0 radical (unpaired) electrons. The van der Waals surface area contributed by atoms with Crippen molar-refractivity contribution in [3.8, 4) is 11.3 Å². The van der Waals surface area contributed by atoms with Crippen LogP contribution in [0.1, 0.15) is 5.56 Å². The highest BCUT2D eigenvalue weighted by Crippen LogP contribution is 2.20. The highest BCUT2D eigenvalue weighted by Gasteiger charge is 2.15. The van der Waals surface area contributed by atoms with Gasteiger partial charge in [0.2, 0.25) is 0 Å². The summed E-state index contributed by atoms with van der Waals surface area (Å²) in [5.74, 6) is 1.11. The third-order valence-electron chi connectivity index (χ3n) is 3.81. The molecule has 3 aromatic rings. The Morgan fingerprint density at radius 2 is 1.57 bits per heavy atom. The SMILES string of the molecule is Cn1c(-c2ccccc2)cc(NCc2ccccc2)[n+]1C. The summed E-state index contributed by atoms with van der Waals surface area (Å²) < 4.78 is 4.29. The van der Waals surface area contributed by atoms with Gasteiger partial charge in [-0.15, -0.1) is 0 Å². The molecule has 3 heteroatoms. The van der Waals surface area contributed by atoms with Crippen molar-refractivity contribution in [2.45, 2.75) is 6.54 Å². The van der Waals surface area contributed by atoms with E-state index in [1.165, 1.54) is 16.8 Å². The minimum absolute atomic E-state index is 0.826. The average Bonchev–Trinajstić information content (AvgIpc) is 2.83. The maximum Gasteiger partial charge on any atom is 0.295 e. The molecule has 0 saturated carbocycles. The molecule has 0 aliphatic carbocycles. The lowest BCUT2D eigenvalue weighted by molar-refractivity contribution is -0.737. The number of aromatic nitrogens is 2. The molecule has 21 heavy (non-hydrogen) atoms.